The van der Waals surface area contributed by atoms with Gasteiger partial charge in [-0.05, 0) is 45.9 Å². The molecule has 3 aliphatic rings. The Hall–Kier alpha value is -3.55. The van der Waals surface area contributed by atoms with Crippen LogP contribution < -0.4 is 11.1 Å². The molecule has 3 aliphatic carbocycles. The monoisotopic (exact) mass is 560 g/mol. The molecule has 216 valence electrons. The molecule has 0 spiro atoms. The minimum atomic E-state index is -2.87. The molecule has 2 fully saturated rings. The number of benzene rings is 1. The number of ketones is 4. The van der Waals surface area contributed by atoms with Gasteiger partial charge in [0.2, 0.25) is 11.8 Å². The van der Waals surface area contributed by atoms with Crippen molar-refractivity contribution >= 4 is 40.6 Å². The molecular weight excluding hydrogens is 527 g/mol. The van der Waals surface area contributed by atoms with Gasteiger partial charge >= 0.3 is 0 Å². The van der Waals surface area contributed by atoms with E-state index in [9.17, 15) is 39.0 Å². The van der Waals surface area contributed by atoms with E-state index >= 15 is 4.39 Å². The average Bonchev–Trinajstić information content (AvgIpc) is 2.87. The van der Waals surface area contributed by atoms with Gasteiger partial charge in [0, 0.05) is 17.5 Å². The molecular formula is C27H33FN4O8. The summed E-state index contributed by atoms with van der Waals surface area (Å²) >= 11 is 0. The molecule has 40 heavy (non-hydrogen) atoms. The molecule has 0 saturated heterocycles. The Balaban J connectivity index is 1.76. The summed E-state index contributed by atoms with van der Waals surface area (Å²) in [6, 6.07) is -0.348. The van der Waals surface area contributed by atoms with Gasteiger partial charge in [-0.25, -0.2) is 4.39 Å². The normalized spacial score (nSPS) is 29.8. The van der Waals surface area contributed by atoms with Crippen LogP contribution in [0.1, 0.15) is 36.2 Å². The number of phenols is 1. The van der Waals surface area contributed by atoms with E-state index in [4.69, 9.17) is 5.73 Å². The Morgan fingerprint density at radius 1 is 1.15 bits per heavy atom. The third-order valence-electron chi connectivity index (χ3n) is 8.54. The first-order valence-electron chi connectivity index (χ1n) is 13.1. The van der Waals surface area contributed by atoms with Crippen LogP contribution in [0.5, 0.6) is 5.75 Å². The van der Waals surface area contributed by atoms with Crippen LogP contribution in [-0.4, -0.2) is 100 Å². The van der Waals surface area contributed by atoms with Crippen molar-refractivity contribution in [1.82, 2.24) is 9.80 Å². The lowest BCUT2D eigenvalue weighted by Gasteiger charge is -2.52. The highest BCUT2D eigenvalue weighted by Crippen LogP contribution is 2.51. The van der Waals surface area contributed by atoms with Gasteiger partial charge in [-0.15, -0.1) is 0 Å². The molecule has 2 unspecified atom stereocenters. The molecule has 4 rings (SSSR count). The Kier molecular flexibility index (Phi) is 7.69. The summed E-state index contributed by atoms with van der Waals surface area (Å²) in [6.07, 6.45) is -0.397. The quantitative estimate of drug-likeness (QED) is 0.245. The molecule has 1 aromatic carbocycles. The minimum Gasteiger partial charge on any atom is -0.505 e. The number of primary amides is 1. The van der Waals surface area contributed by atoms with Gasteiger partial charge in [-0.1, -0.05) is 13.8 Å². The van der Waals surface area contributed by atoms with Crippen molar-refractivity contribution < 1.29 is 43.4 Å². The number of Topliss-reactive ketones (excluding diaryl/α,β-unsaturated/α-hetero) is 4. The van der Waals surface area contributed by atoms with Gasteiger partial charge in [0.05, 0.1) is 29.8 Å². The largest absolute Gasteiger partial charge is 0.505 e. The second kappa shape index (κ2) is 10.5. The predicted octanol–water partition coefficient (Wildman–Crippen LogP) is -0.714. The van der Waals surface area contributed by atoms with E-state index in [1.165, 1.54) is 19.0 Å². The number of anilines is 1. The average molecular weight is 561 g/mol. The summed E-state index contributed by atoms with van der Waals surface area (Å²) in [6.45, 7) is 4.78. The maximum atomic E-state index is 15.3. The molecule has 1 aromatic rings. The standard InChI is InChI=1S/C27H33FN4O8/c1-5-32(6-2)10-16(33)30-15-9-14(28)12-7-11-8-13-20(31(3)4)23(36)19(26(29)39)25(38)27(13,40)24(37)17(11)22(35)18(12)21(15)34/h9,11,13,17,19-20,34,40H,5-8,10H2,1-4H3,(H2,29,39)(H,30,33)/t11-,13-,17?,19?,20-,27-/m0/s1. The zero-order valence-corrected chi connectivity index (χ0v) is 22.7. The van der Waals surface area contributed by atoms with Crippen LogP contribution in [0.25, 0.3) is 0 Å². The highest BCUT2D eigenvalue weighted by molar-refractivity contribution is 6.32. The summed E-state index contributed by atoms with van der Waals surface area (Å²) in [5, 5.41) is 24.9. The van der Waals surface area contributed by atoms with Crippen molar-refractivity contribution in [1.29, 1.82) is 0 Å². The highest BCUT2D eigenvalue weighted by atomic mass is 19.1. The number of likely N-dealkylation sites (N-methyl/N-ethyl adjacent to an activating group) is 2. The fraction of sp³-hybridized carbons (Fsp3) is 0.556. The predicted molar refractivity (Wildman–Crippen MR) is 138 cm³/mol. The number of aromatic hydroxyl groups is 1. The van der Waals surface area contributed by atoms with E-state index in [2.05, 4.69) is 5.32 Å². The number of phenolic OH excluding ortho intramolecular Hbond substituents is 1. The molecule has 0 bridgehead atoms. The summed E-state index contributed by atoms with van der Waals surface area (Å²) in [7, 11) is 2.95. The lowest BCUT2D eigenvalue weighted by atomic mass is 9.52. The van der Waals surface area contributed by atoms with E-state index < -0.39 is 87.4 Å². The SMILES string of the molecule is CCN(CC)CC(=O)Nc1cc(F)c2c(c1O)C(=O)C1C(=O)[C@]3(O)C(=O)C(C(N)=O)C(=O)[C@@H](N(C)C)[C@@H]3C[C@@H]1C2. The van der Waals surface area contributed by atoms with Crippen molar-refractivity contribution in [2.75, 3.05) is 39.0 Å². The van der Waals surface area contributed by atoms with Gasteiger partial charge in [0.15, 0.2) is 34.7 Å². The zero-order chi connectivity index (χ0) is 29.8. The second-order valence-electron chi connectivity index (χ2n) is 10.9. The Morgan fingerprint density at radius 3 is 2.33 bits per heavy atom. The van der Waals surface area contributed by atoms with Crippen LogP contribution in [0.2, 0.25) is 0 Å². The number of hydrogen-bond donors (Lipinski definition) is 4. The number of carbonyl (C=O) groups is 6. The number of nitrogens with one attached hydrogen (secondary N) is 1. The third-order valence-corrected chi connectivity index (χ3v) is 8.54. The fourth-order valence-electron chi connectivity index (χ4n) is 6.56. The number of aliphatic hydroxyl groups is 1. The number of nitrogens with two attached hydrogens (primary N) is 1. The van der Waals surface area contributed by atoms with E-state index in [1.54, 1.807) is 4.90 Å². The zero-order valence-electron chi connectivity index (χ0n) is 22.7. The lowest BCUT2D eigenvalue weighted by Crippen LogP contribution is -2.74. The van der Waals surface area contributed by atoms with E-state index in [0.717, 1.165) is 6.07 Å². The van der Waals surface area contributed by atoms with Crippen LogP contribution in [0.4, 0.5) is 10.1 Å². The maximum Gasteiger partial charge on any atom is 0.238 e. The molecule has 0 radical (unpaired) electrons. The summed E-state index contributed by atoms with van der Waals surface area (Å²) in [4.78, 5) is 81.6. The summed E-state index contributed by atoms with van der Waals surface area (Å²) < 4.78 is 15.3. The van der Waals surface area contributed by atoms with Gasteiger partial charge in [-0.2, -0.15) is 0 Å². The molecule has 0 aromatic heterocycles. The third kappa shape index (κ3) is 4.32. The van der Waals surface area contributed by atoms with Crippen LogP contribution in [0, 0.1) is 29.5 Å². The number of rotatable bonds is 7. The Labute approximate surface area is 229 Å². The molecule has 12 nitrogen and oxygen atoms in total. The van der Waals surface area contributed by atoms with Gasteiger partial charge in [0.1, 0.15) is 11.6 Å². The first-order valence-corrected chi connectivity index (χ1v) is 13.1. The number of fused-ring (bicyclic) bond motifs is 3. The number of amides is 2. The summed E-state index contributed by atoms with van der Waals surface area (Å²) in [5.41, 5.74) is 1.37. The van der Waals surface area contributed by atoms with Gasteiger partial charge < -0.3 is 21.3 Å². The number of halogens is 1. The first kappa shape index (κ1) is 29.4. The molecule has 5 N–H and O–H groups in total. The van der Waals surface area contributed by atoms with Gasteiger partial charge in [-0.3, -0.25) is 38.6 Å². The van der Waals surface area contributed by atoms with Crippen LogP contribution in [0.15, 0.2) is 6.07 Å². The van der Waals surface area contributed by atoms with Crippen molar-refractivity contribution in [3.63, 3.8) is 0 Å². The highest BCUT2D eigenvalue weighted by Gasteiger charge is 2.69. The number of carbonyl (C=O) groups excluding carboxylic acids is 6. The van der Waals surface area contributed by atoms with Crippen molar-refractivity contribution in [3.05, 3.63) is 23.0 Å². The molecule has 13 heteroatoms. The number of nitrogens with zero attached hydrogens (tertiary/aromatic N) is 2. The molecule has 0 heterocycles. The van der Waals surface area contributed by atoms with Crippen LogP contribution in [-0.2, 0) is 30.4 Å². The topological polar surface area (TPSA) is 187 Å². The summed E-state index contributed by atoms with van der Waals surface area (Å²) in [5.74, 6) is -14.0. The number of hydrogen-bond acceptors (Lipinski definition) is 10. The smallest absolute Gasteiger partial charge is 0.238 e. The van der Waals surface area contributed by atoms with Crippen molar-refractivity contribution in [2.45, 2.75) is 38.3 Å². The minimum absolute atomic E-state index is 0.0500. The molecule has 2 amide bonds. The maximum absolute atomic E-state index is 15.3. The lowest BCUT2D eigenvalue weighted by molar-refractivity contribution is -0.181. The fourth-order valence-corrected chi connectivity index (χ4v) is 6.56. The van der Waals surface area contributed by atoms with E-state index in [-0.39, 0.29) is 30.6 Å². The Morgan fingerprint density at radius 2 is 1.77 bits per heavy atom. The van der Waals surface area contributed by atoms with E-state index in [1.807, 2.05) is 13.8 Å². The molecule has 6 atom stereocenters. The molecule has 0 aliphatic heterocycles. The van der Waals surface area contributed by atoms with Crippen LogP contribution in [0.3, 0.4) is 0 Å². The van der Waals surface area contributed by atoms with Gasteiger partial charge in [0.25, 0.3) is 0 Å². The second-order valence-corrected chi connectivity index (χ2v) is 10.9. The van der Waals surface area contributed by atoms with Crippen LogP contribution >= 0.6 is 0 Å². The van der Waals surface area contributed by atoms with Crippen molar-refractivity contribution in [3.8, 4) is 5.75 Å². The first-order chi connectivity index (χ1) is 18.7. The Bertz CT molecular complexity index is 1330. The van der Waals surface area contributed by atoms with E-state index in [0.29, 0.717) is 13.1 Å². The van der Waals surface area contributed by atoms with Crippen molar-refractivity contribution in [2.24, 2.45) is 29.4 Å². The molecule has 2 saturated carbocycles.